The highest BCUT2D eigenvalue weighted by atomic mass is 35.5. The third-order valence-electron chi connectivity index (χ3n) is 3.01. The van der Waals surface area contributed by atoms with Gasteiger partial charge in [-0.05, 0) is 12.8 Å². The number of anilines is 1. The minimum atomic E-state index is -0.152. The van der Waals surface area contributed by atoms with Crippen LogP contribution in [-0.4, -0.2) is 37.4 Å². The molecule has 0 aliphatic carbocycles. The molecule has 5 nitrogen and oxygen atoms in total. The molecular formula is C11H13ClN2O3S. The van der Waals surface area contributed by atoms with Crippen LogP contribution in [0.4, 0.5) is 5.13 Å². The first-order valence-corrected chi connectivity index (χ1v) is 6.79. The van der Waals surface area contributed by atoms with Gasteiger partial charge >= 0.3 is 5.97 Å². The molecule has 1 aromatic heterocycles. The first-order chi connectivity index (χ1) is 8.65. The Bertz CT molecular complexity index is 455. The lowest BCUT2D eigenvalue weighted by molar-refractivity contribution is -0.146. The fourth-order valence-electron chi connectivity index (χ4n) is 1.98. The topological polar surface area (TPSA) is 59.5 Å². The van der Waals surface area contributed by atoms with E-state index in [-0.39, 0.29) is 17.0 Å². The Morgan fingerprint density at radius 3 is 2.72 bits per heavy atom. The second-order valence-electron chi connectivity index (χ2n) is 4.05. The summed E-state index contributed by atoms with van der Waals surface area (Å²) in [5.41, 5.74) is 0. The van der Waals surface area contributed by atoms with Crippen LogP contribution < -0.4 is 4.90 Å². The molecule has 0 N–H and O–H groups in total. The van der Waals surface area contributed by atoms with Crippen LogP contribution in [0.25, 0.3) is 0 Å². The highest BCUT2D eigenvalue weighted by Gasteiger charge is 2.27. The number of nitrogens with zero attached hydrogens (tertiary/aromatic N) is 2. The van der Waals surface area contributed by atoms with Crippen LogP contribution in [0.5, 0.6) is 0 Å². The van der Waals surface area contributed by atoms with Crippen molar-refractivity contribution in [1.82, 2.24) is 4.98 Å². The lowest BCUT2D eigenvalue weighted by Gasteiger charge is -2.30. The molecule has 0 atom stereocenters. The highest BCUT2D eigenvalue weighted by Crippen LogP contribution is 2.31. The van der Waals surface area contributed by atoms with E-state index in [1.165, 1.54) is 18.4 Å². The molecule has 18 heavy (non-hydrogen) atoms. The Kier molecular flexibility index (Phi) is 4.19. The maximum atomic E-state index is 11.4. The number of carbonyl (C=O) groups excluding carboxylic acids is 2. The van der Waals surface area contributed by atoms with E-state index < -0.39 is 0 Å². The summed E-state index contributed by atoms with van der Waals surface area (Å²) in [5, 5.41) is 0.991. The summed E-state index contributed by atoms with van der Waals surface area (Å²) in [6, 6.07) is 0. The van der Waals surface area contributed by atoms with Crippen LogP contribution in [0.15, 0.2) is 0 Å². The summed E-state index contributed by atoms with van der Waals surface area (Å²) < 4.78 is 4.73. The molecule has 0 spiro atoms. The van der Waals surface area contributed by atoms with E-state index in [0.29, 0.717) is 11.2 Å². The molecule has 98 valence electrons. The summed E-state index contributed by atoms with van der Waals surface area (Å²) in [4.78, 5) is 28.8. The molecule has 1 saturated heterocycles. The van der Waals surface area contributed by atoms with Gasteiger partial charge in [0, 0.05) is 13.1 Å². The largest absolute Gasteiger partial charge is 0.469 e. The monoisotopic (exact) mass is 288 g/mol. The van der Waals surface area contributed by atoms with Gasteiger partial charge in [0.05, 0.1) is 13.0 Å². The van der Waals surface area contributed by atoms with Crippen molar-refractivity contribution >= 4 is 40.3 Å². The number of hydrogen-bond acceptors (Lipinski definition) is 6. The summed E-state index contributed by atoms with van der Waals surface area (Å²) in [6.45, 7) is 1.45. The summed E-state index contributed by atoms with van der Waals surface area (Å²) in [7, 11) is 1.41. The molecule has 1 aromatic rings. The summed E-state index contributed by atoms with van der Waals surface area (Å²) in [5.74, 6) is -0.187. The maximum absolute atomic E-state index is 11.4. The zero-order chi connectivity index (χ0) is 13.1. The second-order valence-corrected chi connectivity index (χ2v) is 5.42. The van der Waals surface area contributed by atoms with Crippen LogP contribution in [0.3, 0.4) is 0 Å². The lowest BCUT2D eigenvalue weighted by Crippen LogP contribution is -2.36. The maximum Gasteiger partial charge on any atom is 0.308 e. The van der Waals surface area contributed by atoms with Gasteiger partial charge in [-0.3, -0.25) is 9.59 Å². The van der Waals surface area contributed by atoms with E-state index in [1.54, 1.807) is 0 Å². The number of methoxy groups -OCH3 is 1. The van der Waals surface area contributed by atoms with Crippen molar-refractivity contribution in [1.29, 1.82) is 0 Å². The number of rotatable bonds is 3. The average Bonchev–Trinajstić information content (AvgIpc) is 2.79. The molecule has 2 rings (SSSR count). The molecule has 0 amide bonds. The van der Waals surface area contributed by atoms with Crippen molar-refractivity contribution < 1.29 is 14.3 Å². The Balaban J connectivity index is 2.00. The van der Waals surface area contributed by atoms with Crippen LogP contribution in [0.1, 0.15) is 22.5 Å². The number of halogens is 1. The molecule has 0 radical (unpaired) electrons. The fourth-order valence-corrected chi connectivity index (χ4v) is 3.10. The van der Waals surface area contributed by atoms with Crippen LogP contribution in [0.2, 0.25) is 5.15 Å². The molecule has 1 aliphatic heterocycles. The lowest BCUT2D eigenvalue weighted by atomic mass is 9.97. The minimum Gasteiger partial charge on any atom is -0.469 e. The van der Waals surface area contributed by atoms with Gasteiger partial charge in [0.15, 0.2) is 16.6 Å². The van der Waals surface area contributed by atoms with Crippen molar-refractivity contribution in [3.8, 4) is 0 Å². The van der Waals surface area contributed by atoms with E-state index in [0.717, 1.165) is 31.1 Å². The predicted octanol–water partition coefficient (Wildman–Crippen LogP) is 2.00. The molecule has 2 heterocycles. The average molecular weight is 289 g/mol. The number of ether oxygens (including phenoxy) is 1. The van der Waals surface area contributed by atoms with Crippen LogP contribution in [0, 0.1) is 5.92 Å². The van der Waals surface area contributed by atoms with Crippen molar-refractivity contribution in [3.63, 3.8) is 0 Å². The second kappa shape index (κ2) is 5.67. The van der Waals surface area contributed by atoms with Gasteiger partial charge in [-0.1, -0.05) is 22.9 Å². The van der Waals surface area contributed by atoms with Crippen LogP contribution >= 0.6 is 22.9 Å². The summed E-state index contributed by atoms with van der Waals surface area (Å²) in [6.07, 6.45) is 2.19. The molecule has 1 aliphatic rings. The van der Waals surface area contributed by atoms with Gasteiger partial charge in [0.25, 0.3) is 0 Å². The quantitative estimate of drug-likeness (QED) is 0.629. The first kappa shape index (κ1) is 13.3. The van der Waals surface area contributed by atoms with E-state index in [1.807, 2.05) is 4.90 Å². The number of hydrogen-bond donors (Lipinski definition) is 0. The van der Waals surface area contributed by atoms with Crippen molar-refractivity contribution in [2.45, 2.75) is 12.8 Å². The zero-order valence-corrected chi connectivity index (χ0v) is 11.5. The standard InChI is InChI=1S/C11H13ClN2O3S/c1-17-10(16)7-2-4-14(5-3-7)11-13-9(12)8(6-15)18-11/h6-7H,2-5H2,1H3. The Labute approximate surface area is 114 Å². The number of aromatic nitrogens is 1. The normalized spacial score (nSPS) is 16.7. The highest BCUT2D eigenvalue weighted by molar-refractivity contribution is 7.17. The summed E-state index contributed by atoms with van der Waals surface area (Å²) >= 11 is 7.11. The van der Waals surface area contributed by atoms with Gasteiger partial charge in [-0.25, -0.2) is 4.98 Å². The van der Waals surface area contributed by atoms with Gasteiger partial charge in [-0.15, -0.1) is 0 Å². The number of esters is 1. The van der Waals surface area contributed by atoms with E-state index in [4.69, 9.17) is 16.3 Å². The Hall–Kier alpha value is -1.14. The molecule has 0 bridgehead atoms. The van der Waals surface area contributed by atoms with Crippen LogP contribution in [-0.2, 0) is 9.53 Å². The van der Waals surface area contributed by atoms with Crippen molar-refractivity contribution in [3.05, 3.63) is 10.0 Å². The fraction of sp³-hybridized carbons (Fsp3) is 0.545. The van der Waals surface area contributed by atoms with Crippen molar-refractivity contribution in [2.24, 2.45) is 5.92 Å². The van der Waals surface area contributed by atoms with Crippen molar-refractivity contribution in [2.75, 3.05) is 25.1 Å². The molecule has 0 saturated carbocycles. The Morgan fingerprint density at radius 1 is 1.56 bits per heavy atom. The van der Waals surface area contributed by atoms with Gasteiger partial charge in [0.1, 0.15) is 4.88 Å². The third-order valence-corrected chi connectivity index (χ3v) is 4.45. The number of carbonyl (C=O) groups is 2. The van der Waals surface area contributed by atoms with E-state index >= 15 is 0 Å². The molecule has 1 fully saturated rings. The van der Waals surface area contributed by atoms with Gasteiger partial charge in [0.2, 0.25) is 0 Å². The molecular weight excluding hydrogens is 276 g/mol. The first-order valence-electron chi connectivity index (χ1n) is 5.60. The molecule has 7 heteroatoms. The van der Waals surface area contributed by atoms with Gasteiger partial charge < -0.3 is 9.64 Å². The predicted molar refractivity (Wildman–Crippen MR) is 69.5 cm³/mol. The third kappa shape index (κ3) is 2.64. The van der Waals surface area contributed by atoms with E-state index in [9.17, 15) is 9.59 Å². The number of thiazole rings is 1. The number of aldehydes is 1. The van der Waals surface area contributed by atoms with E-state index in [2.05, 4.69) is 4.98 Å². The molecule has 0 aromatic carbocycles. The Morgan fingerprint density at radius 2 is 2.22 bits per heavy atom. The number of piperidine rings is 1. The smallest absolute Gasteiger partial charge is 0.308 e. The zero-order valence-electron chi connectivity index (χ0n) is 9.89. The van der Waals surface area contributed by atoms with Gasteiger partial charge in [-0.2, -0.15) is 0 Å². The molecule has 0 unspecified atom stereocenters. The minimum absolute atomic E-state index is 0.0350. The SMILES string of the molecule is COC(=O)C1CCN(c2nc(Cl)c(C=O)s2)CC1.